The van der Waals surface area contributed by atoms with E-state index in [-0.39, 0.29) is 25.4 Å². The van der Waals surface area contributed by atoms with Crippen LogP contribution in [0.15, 0.2) is 0 Å². The number of rotatable bonds is 16. The van der Waals surface area contributed by atoms with Gasteiger partial charge in [0, 0.05) is 13.2 Å². The van der Waals surface area contributed by atoms with Crippen LogP contribution in [0.2, 0.25) is 0 Å². The monoisotopic (exact) mass is 352 g/mol. The molecule has 2 atom stereocenters. The molecule has 0 aromatic heterocycles. The number of ether oxygens (including phenoxy) is 4. The van der Waals surface area contributed by atoms with Gasteiger partial charge in [0.15, 0.2) is 0 Å². The van der Waals surface area contributed by atoms with Gasteiger partial charge < -0.3 is 29.2 Å². The van der Waals surface area contributed by atoms with E-state index in [2.05, 4.69) is 13.8 Å². The first-order chi connectivity index (χ1) is 11.6. The van der Waals surface area contributed by atoms with E-state index in [1.807, 2.05) is 13.8 Å². The summed E-state index contributed by atoms with van der Waals surface area (Å²) in [6.45, 7) is 12.1. The number of aliphatic hydroxyl groups excluding tert-OH is 2. The van der Waals surface area contributed by atoms with E-state index in [4.69, 9.17) is 29.2 Å². The van der Waals surface area contributed by atoms with Crippen LogP contribution in [0.25, 0.3) is 0 Å². The van der Waals surface area contributed by atoms with E-state index in [9.17, 15) is 0 Å². The summed E-state index contributed by atoms with van der Waals surface area (Å²) < 4.78 is 21.0. The summed E-state index contributed by atoms with van der Waals surface area (Å²) in [6.07, 6.45) is 4.57. The van der Waals surface area contributed by atoms with Crippen LogP contribution in [0.3, 0.4) is 0 Å². The Hall–Kier alpha value is -0.240. The lowest BCUT2D eigenvalue weighted by atomic mass is 10.3. The Kier molecular flexibility index (Phi) is 24.7. The van der Waals surface area contributed by atoms with E-state index >= 15 is 0 Å². The van der Waals surface area contributed by atoms with Crippen molar-refractivity contribution < 1.29 is 29.2 Å². The van der Waals surface area contributed by atoms with Crippen molar-refractivity contribution in [2.24, 2.45) is 0 Å². The molecule has 0 spiro atoms. The molecule has 0 aromatic rings. The third-order valence-corrected chi connectivity index (χ3v) is 3.02. The second kappa shape index (κ2) is 22.8. The molecule has 0 heterocycles. The van der Waals surface area contributed by atoms with E-state index in [0.717, 1.165) is 38.9 Å². The van der Waals surface area contributed by atoms with Gasteiger partial charge in [-0.2, -0.15) is 0 Å². The van der Waals surface area contributed by atoms with E-state index in [1.165, 1.54) is 0 Å². The third kappa shape index (κ3) is 24.0. The van der Waals surface area contributed by atoms with Gasteiger partial charge in [-0.1, -0.05) is 26.7 Å². The van der Waals surface area contributed by atoms with Gasteiger partial charge in [-0.3, -0.25) is 0 Å². The molecule has 0 saturated carbocycles. The minimum absolute atomic E-state index is 0.0711. The fourth-order valence-corrected chi connectivity index (χ4v) is 1.46. The van der Waals surface area contributed by atoms with Gasteiger partial charge in [0.05, 0.1) is 51.8 Å². The molecular formula is C18H40O6. The molecule has 0 amide bonds. The molecule has 2 unspecified atom stereocenters. The lowest BCUT2D eigenvalue weighted by molar-refractivity contribution is -0.0457. The Labute approximate surface area is 148 Å². The second-order valence-electron chi connectivity index (χ2n) is 5.66. The van der Waals surface area contributed by atoms with Crippen LogP contribution >= 0.6 is 0 Å². The molecular weight excluding hydrogens is 312 g/mol. The van der Waals surface area contributed by atoms with Gasteiger partial charge >= 0.3 is 0 Å². The Morgan fingerprint density at radius 3 is 1.83 bits per heavy atom. The number of hydrogen-bond acceptors (Lipinski definition) is 6. The van der Waals surface area contributed by atoms with Gasteiger partial charge in [-0.05, 0) is 26.7 Å². The lowest BCUT2D eigenvalue weighted by Gasteiger charge is -2.15. The van der Waals surface area contributed by atoms with Crippen molar-refractivity contribution >= 4 is 0 Å². The first kappa shape index (κ1) is 26.0. The summed E-state index contributed by atoms with van der Waals surface area (Å²) in [5.74, 6) is 0. The Balaban J connectivity index is 0. The Bertz CT molecular complexity index is 208. The van der Waals surface area contributed by atoms with Gasteiger partial charge in [0.2, 0.25) is 0 Å². The van der Waals surface area contributed by atoms with E-state index in [0.29, 0.717) is 26.4 Å². The van der Waals surface area contributed by atoms with Crippen molar-refractivity contribution in [1.82, 2.24) is 0 Å². The lowest BCUT2D eigenvalue weighted by Crippen LogP contribution is -2.22. The SMILES string of the molecule is CCCCOC(C)COC(C)CO.CCCCOCCOCCO. The van der Waals surface area contributed by atoms with Crippen LogP contribution in [0, 0.1) is 0 Å². The van der Waals surface area contributed by atoms with Crippen LogP contribution in [0.4, 0.5) is 0 Å². The standard InChI is InChI=1S/C10H22O3.C8H18O3/c1-4-5-6-12-10(3)8-13-9(2)7-11;1-2-3-5-10-7-8-11-6-4-9/h9-11H,4-8H2,1-3H3;9H,2-8H2,1H3. The quantitative estimate of drug-likeness (QED) is 0.415. The van der Waals surface area contributed by atoms with Crippen LogP contribution < -0.4 is 0 Å². The van der Waals surface area contributed by atoms with E-state index in [1.54, 1.807) is 0 Å². The van der Waals surface area contributed by atoms with Crippen LogP contribution in [-0.2, 0) is 18.9 Å². The van der Waals surface area contributed by atoms with Crippen molar-refractivity contribution in [2.45, 2.75) is 65.6 Å². The first-order valence-corrected chi connectivity index (χ1v) is 9.22. The fourth-order valence-electron chi connectivity index (χ4n) is 1.46. The summed E-state index contributed by atoms with van der Waals surface area (Å²) in [5, 5.41) is 17.0. The van der Waals surface area contributed by atoms with Crippen LogP contribution in [-0.4, -0.2) is 75.3 Å². The smallest absolute Gasteiger partial charge is 0.0780 e. The summed E-state index contributed by atoms with van der Waals surface area (Å²) in [4.78, 5) is 0. The largest absolute Gasteiger partial charge is 0.394 e. The summed E-state index contributed by atoms with van der Waals surface area (Å²) >= 11 is 0. The molecule has 0 radical (unpaired) electrons. The molecule has 24 heavy (non-hydrogen) atoms. The molecule has 0 aromatic carbocycles. The minimum Gasteiger partial charge on any atom is -0.394 e. The molecule has 0 bridgehead atoms. The molecule has 0 rings (SSSR count). The summed E-state index contributed by atoms with van der Waals surface area (Å²) in [7, 11) is 0. The Morgan fingerprint density at radius 1 is 0.708 bits per heavy atom. The molecule has 0 fully saturated rings. The highest BCUT2D eigenvalue weighted by molar-refractivity contribution is 4.51. The van der Waals surface area contributed by atoms with Gasteiger partial charge in [-0.25, -0.2) is 0 Å². The van der Waals surface area contributed by atoms with E-state index < -0.39 is 0 Å². The van der Waals surface area contributed by atoms with Crippen molar-refractivity contribution in [3.63, 3.8) is 0 Å². The molecule has 0 aliphatic rings. The second-order valence-corrected chi connectivity index (χ2v) is 5.66. The highest BCUT2D eigenvalue weighted by Gasteiger charge is 2.05. The van der Waals surface area contributed by atoms with Gasteiger partial charge in [0.25, 0.3) is 0 Å². The highest BCUT2D eigenvalue weighted by Crippen LogP contribution is 1.98. The Morgan fingerprint density at radius 2 is 1.29 bits per heavy atom. The summed E-state index contributed by atoms with van der Waals surface area (Å²) in [5.41, 5.74) is 0. The minimum atomic E-state index is -0.0859. The van der Waals surface area contributed by atoms with Crippen LogP contribution in [0.1, 0.15) is 53.4 Å². The topological polar surface area (TPSA) is 77.4 Å². The fraction of sp³-hybridized carbons (Fsp3) is 1.00. The molecule has 2 N–H and O–H groups in total. The normalized spacial score (nSPS) is 13.2. The molecule has 6 heteroatoms. The molecule has 6 nitrogen and oxygen atoms in total. The first-order valence-electron chi connectivity index (χ1n) is 9.22. The average molecular weight is 353 g/mol. The third-order valence-electron chi connectivity index (χ3n) is 3.02. The predicted molar refractivity (Wildman–Crippen MR) is 96.5 cm³/mol. The predicted octanol–water partition coefficient (Wildman–Crippen LogP) is 2.40. The average Bonchev–Trinajstić information content (AvgIpc) is 2.59. The number of hydrogen-bond donors (Lipinski definition) is 2. The zero-order valence-corrected chi connectivity index (χ0v) is 16.2. The maximum atomic E-state index is 8.70. The molecule has 0 aliphatic heterocycles. The number of unbranched alkanes of at least 4 members (excludes halogenated alkanes) is 2. The molecule has 0 saturated heterocycles. The number of aliphatic hydroxyl groups is 2. The maximum Gasteiger partial charge on any atom is 0.0780 e. The van der Waals surface area contributed by atoms with Crippen LogP contribution in [0.5, 0.6) is 0 Å². The molecule has 148 valence electrons. The van der Waals surface area contributed by atoms with Crippen molar-refractivity contribution in [1.29, 1.82) is 0 Å². The molecule has 0 aliphatic carbocycles. The zero-order chi connectivity index (χ0) is 18.5. The van der Waals surface area contributed by atoms with Crippen molar-refractivity contribution in [2.75, 3.05) is 52.9 Å². The van der Waals surface area contributed by atoms with Gasteiger partial charge in [-0.15, -0.1) is 0 Å². The zero-order valence-electron chi connectivity index (χ0n) is 16.2. The van der Waals surface area contributed by atoms with Gasteiger partial charge in [0.1, 0.15) is 0 Å². The summed E-state index contributed by atoms with van der Waals surface area (Å²) in [6, 6.07) is 0. The van der Waals surface area contributed by atoms with Crippen molar-refractivity contribution in [3.8, 4) is 0 Å². The van der Waals surface area contributed by atoms with Crippen molar-refractivity contribution in [3.05, 3.63) is 0 Å². The highest BCUT2D eigenvalue weighted by atomic mass is 16.5. The maximum absolute atomic E-state index is 8.70.